The van der Waals surface area contributed by atoms with Gasteiger partial charge in [-0.3, -0.25) is 9.59 Å². The molecule has 0 radical (unpaired) electrons. The van der Waals surface area contributed by atoms with Crippen LogP contribution in [0.1, 0.15) is 33.3 Å². The van der Waals surface area contributed by atoms with Crippen molar-refractivity contribution in [3.05, 3.63) is 106 Å². The minimum absolute atomic E-state index is 0.0335. The number of halogens is 1. The number of hydrogen-bond acceptors (Lipinski definition) is 6. The molecule has 188 valence electrons. The number of nitrogens with zero attached hydrogens (tertiary/aromatic N) is 1. The minimum Gasteiger partial charge on any atom is -0.503 e. The van der Waals surface area contributed by atoms with Gasteiger partial charge in [0.2, 0.25) is 5.78 Å². The molecule has 1 amide bonds. The smallest absolute Gasteiger partial charge is 0.290 e. The van der Waals surface area contributed by atoms with Gasteiger partial charge in [-0.05, 0) is 42.3 Å². The lowest BCUT2D eigenvalue weighted by molar-refractivity contribution is -0.130. The first kappa shape index (κ1) is 24.5. The van der Waals surface area contributed by atoms with Crippen molar-refractivity contribution in [1.29, 1.82) is 0 Å². The van der Waals surface area contributed by atoms with E-state index < -0.39 is 23.5 Å². The highest BCUT2D eigenvalue weighted by atomic mass is 35.5. The maximum absolute atomic E-state index is 13.8. The molecule has 8 heteroatoms. The first-order valence-electron chi connectivity index (χ1n) is 11.6. The van der Waals surface area contributed by atoms with Gasteiger partial charge in [0.05, 0.1) is 25.8 Å². The zero-order valence-corrected chi connectivity index (χ0v) is 21.2. The van der Waals surface area contributed by atoms with Crippen LogP contribution < -0.4 is 9.47 Å². The average Bonchev–Trinajstić information content (AvgIpc) is 3.43. The molecule has 4 aromatic rings. The number of Topliss-reactive ketones (excluding diaryl/α,β-unsaturated/α-hetero) is 1. The molecule has 3 aromatic carbocycles. The van der Waals surface area contributed by atoms with Crippen molar-refractivity contribution in [2.75, 3.05) is 14.2 Å². The van der Waals surface area contributed by atoms with Crippen LogP contribution in [0.3, 0.4) is 0 Å². The highest BCUT2D eigenvalue weighted by molar-refractivity contribution is 6.31. The molecule has 2 heterocycles. The quantitative estimate of drug-likeness (QED) is 0.294. The molecule has 1 aromatic heterocycles. The Kier molecular flexibility index (Phi) is 6.39. The van der Waals surface area contributed by atoms with Crippen LogP contribution in [0, 0.1) is 6.92 Å². The molecule has 37 heavy (non-hydrogen) atoms. The maximum Gasteiger partial charge on any atom is 0.290 e. The zero-order valence-electron chi connectivity index (χ0n) is 20.4. The Morgan fingerprint density at radius 1 is 1.05 bits per heavy atom. The molecule has 1 aliphatic heterocycles. The van der Waals surface area contributed by atoms with Crippen molar-refractivity contribution in [3.8, 4) is 11.5 Å². The van der Waals surface area contributed by atoms with Gasteiger partial charge in [-0.25, -0.2) is 0 Å². The van der Waals surface area contributed by atoms with E-state index in [0.717, 1.165) is 11.1 Å². The molecule has 0 fully saturated rings. The number of furan rings is 1. The number of methoxy groups -OCH3 is 2. The Morgan fingerprint density at radius 3 is 2.49 bits per heavy atom. The van der Waals surface area contributed by atoms with Crippen molar-refractivity contribution >= 4 is 34.3 Å². The van der Waals surface area contributed by atoms with E-state index in [1.54, 1.807) is 31.4 Å². The predicted octanol–water partition coefficient (Wildman–Crippen LogP) is 6.19. The SMILES string of the molecule is COc1ccc(CN2C(=O)C(O)=C(C(=O)c3cc4cc(Cl)cc(OC)c4o3)C2c2cccc(C)c2)cc1. The number of amides is 1. The number of carbonyl (C=O) groups is 2. The molecule has 0 aliphatic carbocycles. The summed E-state index contributed by atoms with van der Waals surface area (Å²) in [4.78, 5) is 28.6. The maximum atomic E-state index is 13.8. The molecule has 7 nitrogen and oxygen atoms in total. The van der Waals surface area contributed by atoms with Gasteiger partial charge in [0.25, 0.3) is 5.91 Å². The van der Waals surface area contributed by atoms with Gasteiger partial charge in [0, 0.05) is 23.0 Å². The molecule has 1 unspecified atom stereocenters. The summed E-state index contributed by atoms with van der Waals surface area (Å²) in [6, 6.07) is 18.7. The summed E-state index contributed by atoms with van der Waals surface area (Å²) < 4.78 is 16.4. The second-order valence-electron chi connectivity index (χ2n) is 8.83. The summed E-state index contributed by atoms with van der Waals surface area (Å²) in [5.41, 5.74) is 2.77. The second-order valence-corrected chi connectivity index (χ2v) is 9.26. The third-order valence-corrected chi connectivity index (χ3v) is 6.63. The third-order valence-electron chi connectivity index (χ3n) is 6.41. The normalized spacial score (nSPS) is 15.5. The molecule has 0 saturated heterocycles. The number of benzene rings is 3. The average molecular weight is 518 g/mol. The number of ether oxygens (including phenoxy) is 2. The van der Waals surface area contributed by atoms with Gasteiger partial charge in [0.15, 0.2) is 22.9 Å². The molecule has 1 atom stereocenters. The van der Waals surface area contributed by atoms with Crippen LogP contribution in [0.2, 0.25) is 5.02 Å². The van der Waals surface area contributed by atoms with Crippen molar-refractivity contribution in [1.82, 2.24) is 4.90 Å². The molecule has 0 spiro atoms. The van der Waals surface area contributed by atoms with Crippen LogP contribution in [0.25, 0.3) is 11.0 Å². The summed E-state index contributed by atoms with van der Waals surface area (Å²) in [7, 11) is 3.05. The number of aryl methyl sites for hydroxylation is 1. The van der Waals surface area contributed by atoms with Crippen LogP contribution >= 0.6 is 11.6 Å². The molecular weight excluding hydrogens is 494 g/mol. The van der Waals surface area contributed by atoms with Crippen molar-refractivity contribution in [3.63, 3.8) is 0 Å². The Bertz CT molecular complexity index is 1550. The molecule has 5 rings (SSSR count). The van der Waals surface area contributed by atoms with E-state index >= 15 is 0 Å². The fourth-order valence-corrected chi connectivity index (χ4v) is 4.86. The van der Waals surface area contributed by atoms with Gasteiger partial charge in [0.1, 0.15) is 5.75 Å². The van der Waals surface area contributed by atoms with Crippen LogP contribution in [0.4, 0.5) is 0 Å². The Hall–Kier alpha value is -4.23. The highest BCUT2D eigenvalue weighted by Gasteiger charge is 2.44. The summed E-state index contributed by atoms with van der Waals surface area (Å²) in [5, 5.41) is 12.0. The van der Waals surface area contributed by atoms with Gasteiger partial charge in [-0.1, -0.05) is 53.6 Å². The first-order chi connectivity index (χ1) is 17.8. The van der Waals surface area contributed by atoms with E-state index in [9.17, 15) is 14.7 Å². The number of hydrogen-bond donors (Lipinski definition) is 1. The molecule has 0 saturated carbocycles. The predicted molar refractivity (Wildman–Crippen MR) is 139 cm³/mol. The second kappa shape index (κ2) is 9.67. The molecular formula is C29H24ClNO6. The van der Waals surface area contributed by atoms with Crippen LogP contribution in [0.15, 0.2) is 82.5 Å². The first-order valence-corrected chi connectivity index (χ1v) is 11.9. The number of rotatable bonds is 7. The number of ketones is 1. The molecule has 1 N–H and O–H groups in total. The lowest BCUT2D eigenvalue weighted by Crippen LogP contribution is -2.30. The number of fused-ring (bicyclic) bond motifs is 1. The molecule has 1 aliphatic rings. The van der Waals surface area contributed by atoms with Crippen molar-refractivity contribution in [2.24, 2.45) is 0 Å². The fourth-order valence-electron chi connectivity index (χ4n) is 4.65. The Morgan fingerprint density at radius 2 is 1.81 bits per heavy atom. The zero-order chi connectivity index (χ0) is 26.3. The van der Waals surface area contributed by atoms with Crippen LogP contribution in [-0.4, -0.2) is 35.9 Å². The van der Waals surface area contributed by atoms with Gasteiger partial charge >= 0.3 is 0 Å². The van der Waals surface area contributed by atoms with E-state index in [1.165, 1.54) is 18.1 Å². The fraction of sp³-hybridized carbons (Fsp3) is 0.172. The van der Waals surface area contributed by atoms with E-state index in [0.29, 0.717) is 33.1 Å². The summed E-state index contributed by atoms with van der Waals surface area (Å²) >= 11 is 6.18. The highest BCUT2D eigenvalue weighted by Crippen LogP contribution is 2.41. The topological polar surface area (TPSA) is 89.2 Å². The third kappa shape index (κ3) is 4.42. The van der Waals surface area contributed by atoms with E-state index in [2.05, 4.69) is 0 Å². The number of carbonyl (C=O) groups excluding carboxylic acids is 2. The number of aliphatic hydroxyl groups excluding tert-OH is 1. The summed E-state index contributed by atoms with van der Waals surface area (Å²) in [6.07, 6.45) is 0. The molecule has 0 bridgehead atoms. The standard InChI is InChI=1S/C29H24ClNO6/c1-16-5-4-6-18(11-16)25-24(26(32)22-13-19-12-20(30)14-23(36-3)28(19)37-22)27(33)29(34)31(25)15-17-7-9-21(35-2)10-8-17/h4-14,25,33H,15H2,1-3H3. The lowest BCUT2D eigenvalue weighted by atomic mass is 9.94. The Balaban J connectivity index is 1.59. The van der Waals surface area contributed by atoms with E-state index in [1.807, 2.05) is 43.3 Å². The monoisotopic (exact) mass is 517 g/mol. The van der Waals surface area contributed by atoms with Crippen LogP contribution in [0.5, 0.6) is 11.5 Å². The van der Waals surface area contributed by atoms with E-state index in [4.69, 9.17) is 25.5 Å². The lowest BCUT2D eigenvalue weighted by Gasteiger charge is -2.27. The van der Waals surface area contributed by atoms with Crippen molar-refractivity contribution < 1.29 is 28.6 Å². The largest absolute Gasteiger partial charge is 0.503 e. The van der Waals surface area contributed by atoms with Crippen molar-refractivity contribution in [2.45, 2.75) is 19.5 Å². The van der Waals surface area contributed by atoms with E-state index in [-0.39, 0.29) is 17.9 Å². The van der Waals surface area contributed by atoms with Gasteiger partial charge < -0.3 is 23.9 Å². The minimum atomic E-state index is -0.819. The van der Waals surface area contributed by atoms with Gasteiger partial charge in [-0.2, -0.15) is 0 Å². The number of aliphatic hydroxyl groups is 1. The Labute approximate surface area is 218 Å². The summed E-state index contributed by atoms with van der Waals surface area (Å²) in [5.74, 6) is -0.807. The van der Waals surface area contributed by atoms with Crippen LogP contribution in [-0.2, 0) is 11.3 Å². The summed E-state index contributed by atoms with van der Waals surface area (Å²) in [6.45, 7) is 2.10. The van der Waals surface area contributed by atoms with Gasteiger partial charge in [-0.15, -0.1) is 0 Å².